The van der Waals surface area contributed by atoms with Crippen LogP contribution in [0.15, 0.2) is 78.9 Å². The van der Waals surface area contributed by atoms with Gasteiger partial charge < -0.3 is 25.8 Å². The molecule has 36 heavy (non-hydrogen) atoms. The van der Waals surface area contributed by atoms with E-state index in [0.717, 1.165) is 17.2 Å². The molecule has 1 aliphatic heterocycles. The second kappa shape index (κ2) is 12.7. The molecular weight excluding hydrogens is 461 g/mol. The van der Waals surface area contributed by atoms with Crippen LogP contribution in [0.5, 0.6) is 0 Å². The van der Waals surface area contributed by atoms with Crippen molar-refractivity contribution < 1.29 is 29.2 Å². The largest absolute Gasteiger partial charge is 0.478 e. The fourth-order valence-corrected chi connectivity index (χ4v) is 4.58. The van der Waals surface area contributed by atoms with E-state index in [0.29, 0.717) is 38.0 Å². The zero-order valence-electron chi connectivity index (χ0n) is 20.4. The minimum Gasteiger partial charge on any atom is -0.478 e. The van der Waals surface area contributed by atoms with Gasteiger partial charge in [-0.1, -0.05) is 67.6 Å². The normalized spacial score (nSPS) is 17.2. The van der Waals surface area contributed by atoms with E-state index in [1.807, 2.05) is 67.6 Å². The summed E-state index contributed by atoms with van der Waals surface area (Å²) in [5.41, 5.74) is 6.80. The van der Waals surface area contributed by atoms with E-state index in [4.69, 9.17) is 15.6 Å². The van der Waals surface area contributed by atoms with Crippen molar-refractivity contribution in [2.45, 2.75) is 43.9 Å². The van der Waals surface area contributed by atoms with Gasteiger partial charge in [-0.3, -0.25) is 0 Å². The summed E-state index contributed by atoms with van der Waals surface area (Å²) >= 11 is 0. The molecule has 0 unspecified atom stereocenters. The molecule has 3 aromatic rings. The summed E-state index contributed by atoms with van der Waals surface area (Å²) in [6, 6.07) is 22.3. The zero-order chi connectivity index (χ0) is 26.1. The molecule has 0 aromatic heterocycles. The van der Waals surface area contributed by atoms with Crippen molar-refractivity contribution in [3.05, 3.63) is 107 Å². The first-order valence-electron chi connectivity index (χ1n) is 12.1. The van der Waals surface area contributed by atoms with E-state index < -0.39 is 23.5 Å². The smallest absolute Gasteiger partial charge is 0.335 e. The Balaban J connectivity index is 0.000000205. The first-order chi connectivity index (χ1) is 17.3. The molecule has 1 heterocycles. The first kappa shape index (κ1) is 27.5. The number of aromatic carboxylic acids is 1. The number of ether oxygens (including phenoxy) is 1. The van der Waals surface area contributed by atoms with Gasteiger partial charge in [0.2, 0.25) is 0 Å². The number of carboxylic acids is 1. The average Bonchev–Trinajstić information content (AvgIpc) is 2.93. The molecule has 1 saturated heterocycles. The molecule has 6 nitrogen and oxygen atoms in total. The number of aliphatic hydroxyl groups is 2. The number of aliphatic hydroxyl groups excluding tert-OH is 1. The Morgan fingerprint density at radius 3 is 2.11 bits per heavy atom. The second-order valence-corrected chi connectivity index (χ2v) is 8.99. The van der Waals surface area contributed by atoms with E-state index in [-0.39, 0.29) is 17.5 Å². The van der Waals surface area contributed by atoms with Crippen LogP contribution in [0, 0.1) is 11.7 Å². The summed E-state index contributed by atoms with van der Waals surface area (Å²) in [6.07, 6.45) is 1.11. The van der Waals surface area contributed by atoms with Crippen LogP contribution in [0.25, 0.3) is 0 Å². The molecule has 4 rings (SSSR count). The number of benzene rings is 3. The minimum absolute atomic E-state index is 0.0512. The Hall–Kier alpha value is -3.10. The predicted molar refractivity (Wildman–Crippen MR) is 136 cm³/mol. The van der Waals surface area contributed by atoms with E-state index in [2.05, 4.69) is 0 Å². The van der Waals surface area contributed by atoms with Crippen molar-refractivity contribution in [1.82, 2.24) is 0 Å². The average molecular weight is 496 g/mol. The second-order valence-electron chi connectivity index (χ2n) is 8.99. The van der Waals surface area contributed by atoms with Gasteiger partial charge in [-0.2, -0.15) is 0 Å². The molecule has 3 atom stereocenters. The Labute approximate surface area is 211 Å². The molecule has 0 bridgehead atoms. The fourth-order valence-electron chi connectivity index (χ4n) is 4.58. The molecule has 5 N–H and O–H groups in total. The highest BCUT2D eigenvalue weighted by Crippen LogP contribution is 2.39. The molecule has 0 spiro atoms. The molecule has 3 aromatic carbocycles. The Kier molecular flexibility index (Phi) is 9.73. The van der Waals surface area contributed by atoms with Crippen LogP contribution in [0.3, 0.4) is 0 Å². The number of rotatable bonds is 7. The van der Waals surface area contributed by atoms with Gasteiger partial charge in [-0.05, 0) is 60.1 Å². The summed E-state index contributed by atoms with van der Waals surface area (Å²) in [5.74, 6) is -1.89. The molecule has 1 aliphatic rings. The zero-order valence-corrected chi connectivity index (χ0v) is 20.4. The van der Waals surface area contributed by atoms with Crippen LogP contribution in [-0.2, 0) is 10.3 Å². The number of hydrogen-bond donors (Lipinski definition) is 4. The number of carboxylic acid groups (broad SMARTS) is 1. The minimum atomic E-state index is -1.21. The van der Waals surface area contributed by atoms with Crippen molar-refractivity contribution in [3.8, 4) is 0 Å². The molecule has 192 valence electrons. The van der Waals surface area contributed by atoms with E-state index in [1.54, 1.807) is 0 Å². The number of hydrogen-bond acceptors (Lipinski definition) is 5. The summed E-state index contributed by atoms with van der Waals surface area (Å²) in [5, 5.41) is 30.1. The van der Waals surface area contributed by atoms with Gasteiger partial charge in [0.1, 0.15) is 5.82 Å². The lowest BCUT2D eigenvalue weighted by atomic mass is 9.75. The number of carbonyl (C=O) groups is 1. The van der Waals surface area contributed by atoms with Crippen molar-refractivity contribution >= 4 is 5.97 Å². The van der Waals surface area contributed by atoms with Gasteiger partial charge in [0.25, 0.3) is 0 Å². The summed E-state index contributed by atoms with van der Waals surface area (Å²) in [4.78, 5) is 11.0. The molecule has 1 fully saturated rings. The van der Waals surface area contributed by atoms with Gasteiger partial charge in [-0.25, -0.2) is 9.18 Å². The van der Waals surface area contributed by atoms with Crippen LogP contribution in [0.1, 0.15) is 65.4 Å². The van der Waals surface area contributed by atoms with Crippen molar-refractivity contribution in [3.63, 3.8) is 0 Å². The maximum atomic E-state index is 13.6. The standard InChI is InChI=1S/C15H19FO4.C14H15NO/c1-2-15(19,11-3-5-20-6-4-11)12-7-10(14(17)18)8-13(16)9-12;15-13(11-7-3-1-4-8-11)14(16)12-9-5-2-6-10-12/h7-9,11,19H,2-6H2,1H3,(H,17,18);1-10,13-14,16H,15H2/t15-;13-,14+/m00/s1. The topological polar surface area (TPSA) is 113 Å². The van der Waals surface area contributed by atoms with Gasteiger partial charge in [0.15, 0.2) is 0 Å². The Morgan fingerprint density at radius 2 is 1.58 bits per heavy atom. The van der Waals surface area contributed by atoms with Crippen LogP contribution >= 0.6 is 0 Å². The van der Waals surface area contributed by atoms with Crippen molar-refractivity contribution in [1.29, 1.82) is 0 Å². The Morgan fingerprint density at radius 1 is 1.03 bits per heavy atom. The van der Waals surface area contributed by atoms with Crippen LogP contribution in [0.4, 0.5) is 4.39 Å². The highest BCUT2D eigenvalue weighted by atomic mass is 19.1. The number of halogens is 1. The van der Waals surface area contributed by atoms with Crippen molar-refractivity contribution in [2.24, 2.45) is 11.7 Å². The predicted octanol–water partition coefficient (Wildman–Crippen LogP) is 4.97. The summed E-state index contributed by atoms with van der Waals surface area (Å²) in [6.45, 7) is 2.95. The SMILES string of the molecule is CC[C@@](O)(c1cc(F)cc(C(=O)O)c1)C1CCOCC1.N[C@@H](c1ccccc1)[C@H](O)c1ccccc1. The lowest BCUT2D eigenvalue weighted by Crippen LogP contribution is -2.38. The highest BCUT2D eigenvalue weighted by Gasteiger charge is 2.38. The Bertz CT molecular complexity index is 1060. The summed E-state index contributed by atoms with van der Waals surface area (Å²) < 4.78 is 18.9. The monoisotopic (exact) mass is 495 g/mol. The van der Waals surface area contributed by atoms with Gasteiger partial charge in [-0.15, -0.1) is 0 Å². The lowest BCUT2D eigenvalue weighted by Gasteiger charge is -2.38. The third kappa shape index (κ3) is 6.77. The third-order valence-electron chi connectivity index (χ3n) is 6.75. The van der Waals surface area contributed by atoms with Crippen LogP contribution in [-0.4, -0.2) is 34.5 Å². The molecule has 0 amide bonds. The maximum absolute atomic E-state index is 13.6. The van der Waals surface area contributed by atoms with Crippen LogP contribution in [0.2, 0.25) is 0 Å². The van der Waals surface area contributed by atoms with Crippen molar-refractivity contribution in [2.75, 3.05) is 13.2 Å². The molecule has 0 aliphatic carbocycles. The van der Waals surface area contributed by atoms with E-state index in [9.17, 15) is 19.4 Å². The van der Waals surface area contributed by atoms with Gasteiger partial charge in [0.05, 0.1) is 23.3 Å². The number of nitrogens with two attached hydrogens (primary N) is 1. The van der Waals surface area contributed by atoms with Gasteiger partial charge >= 0.3 is 5.97 Å². The van der Waals surface area contributed by atoms with Crippen LogP contribution < -0.4 is 5.73 Å². The maximum Gasteiger partial charge on any atom is 0.335 e. The van der Waals surface area contributed by atoms with E-state index in [1.165, 1.54) is 12.1 Å². The fraction of sp³-hybridized carbons (Fsp3) is 0.345. The quantitative estimate of drug-likeness (QED) is 0.368. The van der Waals surface area contributed by atoms with E-state index >= 15 is 0 Å². The molecular formula is C29H34FNO5. The molecule has 0 radical (unpaired) electrons. The highest BCUT2D eigenvalue weighted by molar-refractivity contribution is 5.87. The summed E-state index contributed by atoms with van der Waals surface area (Å²) in [7, 11) is 0. The lowest BCUT2D eigenvalue weighted by molar-refractivity contribution is -0.0732. The molecule has 7 heteroatoms. The third-order valence-corrected chi connectivity index (χ3v) is 6.75. The molecule has 0 saturated carbocycles. The first-order valence-corrected chi connectivity index (χ1v) is 12.1. The van der Waals surface area contributed by atoms with Gasteiger partial charge in [0, 0.05) is 13.2 Å².